The van der Waals surface area contributed by atoms with E-state index >= 15 is 0 Å². The lowest BCUT2D eigenvalue weighted by atomic mass is 10.1. The summed E-state index contributed by atoms with van der Waals surface area (Å²) in [5, 5.41) is 3.23. The fourth-order valence-electron chi connectivity index (χ4n) is 2.82. The Bertz CT molecular complexity index is 1250. The highest BCUT2D eigenvalue weighted by Gasteiger charge is 2.10. The average Bonchev–Trinajstić information content (AvgIpc) is 3.06. The first-order chi connectivity index (χ1) is 14.3. The van der Waals surface area contributed by atoms with Gasteiger partial charge in [0.15, 0.2) is 0 Å². The number of rotatable bonds is 4. The zero-order chi connectivity index (χ0) is 21.5. The molecule has 0 atom stereocenters. The molecule has 0 aliphatic rings. The van der Waals surface area contributed by atoms with Crippen molar-refractivity contribution in [3.63, 3.8) is 0 Å². The van der Waals surface area contributed by atoms with E-state index in [2.05, 4.69) is 20.3 Å². The molecule has 28 heavy (non-hydrogen) atoms. The number of carbonyl (C=O) groups excluding carboxylic acids is 1. The molecule has 4 rings (SSSR count). The zero-order valence-corrected chi connectivity index (χ0v) is 15.3. The predicted octanol–water partition coefficient (Wildman–Crippen LogP) is 3.66. The normalized spacial score (nSPS) is 12.5. The van der Waals surface area contributed by atoms with Crippen molar-refractivity contribution in [3.05, 3.63) is 72.2 Å². The van der Waals surface area contributed by atoms with E-state index in [0.29, 0.717) is 5.52 Å². The molecule has 3 heterocycles. The average molecular weight is 377 g/mol. The molecule has 0 unspecified atom stereocenters. The van der Waals surface area contributed by atoms with Gasteiger partial charge in [0.1, 0.15) is 17.5 Å². The molecule has 0 aliphatic carbocycles. The first kappa shape index (κ1) is 15.4. The Morgan fingerprint density at radius 3 is 2.64 bits per heavy atom. The molecule has 0 saturated carbocycles. The van der Waals surface area contributed by atoms with Gasteiger partial charge in [-0.2, -0.15) is 0 Å². The van der Waals surface area contributed by atoms with Crippen molar-refractivity contribution in [1.29, 1.82) is 0 Å². The Balaban J connectivity index is 1.63. The minimum Gasteiger partial charge on any atom is -0.331 e. The van der Waals surface area contributed by atoms with Gasteiger partial charge < -0.3 is 9.88 Å². The SMILES string of the molecule is [2H]C([2H])(C(=O)Nc1cc2cc(-c3cnc(C)n3C)cnc2cn1)c1ccc(F)cc1. The zero-order valence-electron chi connectivity index (χ0n) is 17.3. The van der Waals surface area contributed by atoms with E-state index in [0.717, 1.165) is 34.6 Å². The van der Waals surface area contributed by atoms with Crippen molar-refractivity contribution < 1.29 is 11.9 Å². The number of benzene rings is 1. The molecule has 0 spiro atoms. The van der Waals surface area contributed by atoms with E-state index < -0.39 is 18.1 Å². The highest BCUT2D eigenvalue weighted by atomic mass is 19.1. The maximum absolute atomic E-state index is 13.1. The molecule has 1 amide bonds. The molecule has 1 N–H and O–H groups in total. The monoisotopic (exact) mass is 377 g/mol. The van der Waals surface area contributed by atoms with Crippen LogP contribution < -0.4 is 5.32 Å². The molecule has 0 bridgehead atoms. The molecule has 0 fully saturated rings. The van der Waals surface area contributed by atoms with Crippen LogP contribution in [0.25, 0.3) is 22.2 Å². The van der Waals surface area contributed by atoms with Gasteiger partial charge in [0.25, 0.3) is 0 Å². The number of hydrogen-bond acceptors (Lipinski definition) is 4. The molecule has 0 aliphatic heterocycles. The van der Waals surface area contributed by atoms with Crippen molar-refractivity contribution >= 4 is 22.6 Å². The molecule has 6 nitrogen and oxygen atoms in total. The highest BCUT2D eigenvalue weighted by Crippen LogP contribution is 2.24. The number of nitrogens with one attached hydrogen (secondary N) is 1. The Labute approximate surface area is 163 Å². The van der Waals surface area contributed by atoms with E-state index in [9.17, 15) is 9.18 Å². The Kier molecular flexibility index (Phi) is 3.97. The van der Waals surface area contributed by atoms with Crippen LogP contribution in [0.2, 0.25) is 0 Å². The first-order valence-corrected chi connectivity index (χ1v) is 8.58. The van der Waals surface area contributed by atoms with Gasteiger partial charge in [-0.15, -0.1) is 0 Å². The molecule has 0 saturated heterocycles. The van der Waals surface area contributed by atoms with Crippen molar-refractivity contribution in [2.24, 2.45) is 7.05 Å². The number of aryl methyl sites for hydroxylation is 1. The second-order valence-electron chi connectivity index (χ2n) is 6.32. The number of anilines is 1. The smallest absolute Gasteiger partial charge is 0.229 e. The lowest BCUT2D eigenvalue weighted by molar-refractivity contribution is -0.115. The van der Waals surface area contributed by atoms with Crippen molar-refractivity contribution in [1.82, 2.24) is 19.5 Å². The van der Waals surface area contributed by atoms with Crippen LogP contribution in [0.1, 0.15) is 14.1 Å². The van der Waals surface area contributed by atoms with Crippen LogP contribution in [0.15, 0.2) is 55.0 Å². The third kappa shape index (κ3) is 3.59. The standard InChI is InChI=1S/C21H18FN5O/c1-13-23-12-19(27(13)2)16-8-15-9-20(25-11-18(15)24-10-16)26-21(28)7-14-3-5-17(22)6-4-14/h3-6,8-12H,7H2,1-2H3,(H,25,26,28)/i7D2. The summed E-state index contributed by atoms with van der Waals surface area (Å²) in [4.78, 5) is 25.4. The summed E-state index contributed by atoms with van der Waals surface area (Å²) in [6.07, 6.45) is 2.65. The van der Waals surface area contributed by atoms with Gasteiger partial charge in [-0.05, 0) is 36.8 Å². The topological polar surface area (TPSA) is 72.7 Å². The summed E-state index contributed by atoms with van der Waals surface area (Å²) in [5.74, 6) is -0.333. The number of fused-ring (bicyclic) bond motifs is 1. The van der Waals surface area contributed by atoms with Gasteiger partial charge in [0, 0.05) is 26.9 Å². The molecule has 4 aromatic rings. The van der Waals surface area contributed by atoms with Crippen LogP contribution in [0.4, 0.5) is 10.2 Å². The molecular weight excluding hydrogens is 357 g/mol. The van der Waals surface area contributed by atoms with Crippen LogP contribution >= 0.6 is 0 Å². The third-order valence-corrected chi connectivity index (χ3v) is 4.43. The van der Waals surface area contributed by atoms with Crippen LogP contribution in [-0.4, -0.2) is 25.4 Å². The number of aromatic nitrogens is 4. The number of imidazole rings is 1. The second-order valence-corrected chi connectivity index (χ2v) is 6.32. The molecule has 1 aromatic carbocycles. The summed E-state index contributed by atoms with van der Waals surface area (Å²) >= 11 is 0. The first-order valence-electron chi connectivity index (χ1n) is 9.58. The highest BCUT2D eigenvalue weighted by molar-refractivity contribution is 5.93. The molecule has 7 heteroatoms. The molecule has 0 radical (unpaired) electrons. The van der Waals surface area contributed by atoms with Gasteiger partial charge >= 0.3 is 0 Å². The van der Waals surface area contributed by atoms with Gasteiger partial charge in [-0.25, -0.2) is 14.4 Å². The number of amides is 1. The van der Waals surface area contributed by atoms with E-state index in [1.807, 2.05) is 24.6 Å². The van der Waals surface area contributed by atoms with Gasteiger partial charge in [0.05, 0.1) is 30.0 Å². The number of nitrogens with zero attached hydrogens (tertiary/aromatic N) is 4. The largest absolute Gasteiger partial charge is 0.331 e. The van der Waals surface area contributed by atoms with Crippen LogP contribution in [0.5, 0.6) is 0 Å². The summed E-state index contributed by atoms with van der Waals surface area (Å²) in [6, 6.07) is 8.26. The minimum atomic E-state index is -2.35. The van der Waals surface area contributed by atoms with E-state index in [4.69, 9.17) is 2.74 Å². The second kappa shape index (κ2) is 7.19. The Hall–Kier alpha value is -3.61. The quantitative estimate of drug-likeness (QED) is 0.589. The molecule has 140 valence electrons. The summed E-state index contributed by atoms with van der Waals surface area (Å²) in [5.41, 5.74) is 2.45. The number of pyridine rings is 2. The predicted molar refractivity (Wildman–Crippen MR) is 105 cm³/mol. The van der Waals surface area contributed by atoms with Crippen LogP contribution in [-0.2, 0) is 18.2 Å². The van der Waals surface area contributed by atoms with Crippen LogP contribution in [0.3, 0.4) is 0 Å². The number of carbonyl (C=O) groups is 1. The van der Waals surface area contributed by atoms with Crippen molar-refractivity contribution in [2.75, 3.05) is 5.32 Å². The van der Waals surface area contributed by atoms with Gasteiger partial charge in [-0.1, -0.05) is 12.1 Å². The van der Waals surface area contributed by atoms with Crippen LogP contribution in [0, 0.1) is 12.7 Å². The fraction of sp³-hybridized carbons (Fsp3) is 0.143. The van der Waals surface area contributed by atoms with Gasteiger partial charge in [-0.3, -0.25) is 9.78 Å². The van der Waals surface area contributed by atoms with E-state index in [1.165, 1.54) is 18.3 Å². The number of halogens is 1. The summed E-state index contributed by atoms with van der Waals surface area (Å²) < 4.78 is 31.3. The minimum absolute atomic E-state index is 0.0534. The summed E-state index contributed by atoms with van der Waals surface area (Å²) in [6.45, 7) is 1.91. The Morgan fingerprint density at radius 1 is 1.14 bits per heavy atom. The maximum atomic E-state index is 13.1. The fourth-order valence-corrected chi connectivity index (χ4v) is 2.82. The lowest BCUT2D eigenvalue weighted by Gasteiger charge is -2.08. The Morgan fingerprint density at radius 2 is 1.93 bits per heavy atom. The molecule has 3 aromatic heterocycles. The van der Waals surface area contributed by atoms with Crippen molar-refractivity contribution in [2.45, 2.75) is 13.3 Å². The summed E-state index contributed by atoms with van der Waals surface area (Å²) in [7, 11) is 1.91. The van der Waals surface area contributed by atoms with Gasteiger partial charge in [0.2, 0.25) is 5.91 Å². The van der Waals surface area contributed by atoms with E-state index in [1.54, 1.807) is 18.5 Å². The van der Waals surface area contributed by atoms with E-state index in [-0.39, 0.29) is 11.4 Å². The third-order valence-electron chi connectivity index (χ3n) is 4.43. The number of hydrogen-bond donors (Lipinski definition) is 1. The maximum Gasteiger partial charge on any atom is 0.229 e. The molecular formula is C21H18FN5O. The lowest BCUT2D eigenvalue weighted by Crippen LogP contribution is -2.15. The van der Waals surface area contributed by atoms with Crippen molar-refractivity contribution in [3.8, 4) is 11.3 Å².